The summed E-state index contributed by atoms with van der Waals surface area (Å²) in [6, 6.07) is 9.99. The van der Waals surface area contributed by atoms with E-state index in [9.17, 15) is 18.0 Å². The number of pyridine rings is 1. The highest BCUT2D eigenvalue weighted by Gasteiger charge is 2.38. The second-order valence-corrected chi connectivity index (χ2v) is 11.6. The summed E-state index contributed by atoms with van der Waals surface area (Å²) in [7, 11) is -2.70. The summed E-state index contributed by atoms with van der Waals surface area (Å²) < 4.78 is 40.6. The summed E-state index contributed by atoms with van der Waals surface area (Å²) in [6.45, 7) is 9.50. The molecular weight excluding hydrogens is 484 g/mol. The molecule has 1 aromatic carbocycles. The molecule has 0 spiro atoms. The van der Waals surface area contributed by atoms with E-state index in [-0.39, 0.29) is 37.8 Å². The predicted octanol–water partition coefficient (Wildman–Crippen LogP) is 3.37. The van der Waals surface area contributed by atoms with Gasteiger partial charge in [0.2, 0.25) is 0 Å². The van der Waals surface area contributed by atoms with E-state index >= 15 is 0 Å². The van der Waals surface area contributed by atoms with Crippen LogP contribution in [0.1, 0.15) is 49.3 Å². The largest absolute Gasteiger partial charge is 0.465 e. The molecule has 36 heavy (non-hydrogen) atoms. The second kappa shape index (κ2) is 10.8. The first kappa shape index (κ1) is 27.4. The van der Waals surface area contributed by atoms with Gasteiger partial charge < -0.3 is 14.4 Å². The fourth-order valence-electron chi connectivity index (χ4n) is 3.86. The van der Waals surface area contributed by atoms with Crippen molar-refractivity contribution in [3.05, 3.63) is 59.4 Å². The van der Waals surface area contributed by atoms with Gasteiger partial charge in [-0.25, -0.2) is 9.59 Å². The Morgan fingerprint density at radius 3 is 2.44 bits per heavy atom. The number of anilines is 1. The number of amides is 1. The van der Waals surface area contributed by atoms with Gasteiger partial charge in [-0.1, -0.05) is 12.1 Å². The Morgan fingerprint density at radius 2 is 1.89 bits per heavy atom. The number of aromatic nitrogens is 1. The van der Waals surface area contributed by atoms with Gasteiger partial charge in [0, 0.05) is 31.9 Å². The molecule has 1 amide bonds. The monoisotopic (exact) mass is 518 g/mol. The summed E-state index contributed by atoms with van der Waals surface area (Å²) in [6.07, 6.45) is 0.904. The molecule has 1 fully saturated rings. The minimum atomic E-state index is -3.98. The Hall–Kier alpha value is -3.18. The zero-order valence-electron chi connectivity index (χ0n) is 21.6. The standard InChI is InChI=1S/C25H34N4O6S/c1-18-8-7-9-22(14-18)29(17-21-11-10-20(15-26-21)23(30)34-6)36(32,33)27-12-13-28(19(2)16-27)24(31)35-25(3,4)5/h7-11,14-15,19H,12-13,16-17H2,1-6H3/t19-/m0/s1. The number of rotatable bonds is 6. The van der Waals surface area contributed by atoms with Gasteiger partial charge >= 0.3 is 22.3 Å². The number of aryl methyl sites for hydroxylation is 1. The lowest BCUT2D eigenvalue weighted by Crippen LogP contribution is -2.58. The number of esters is 1. The van der Waals surface area contributed by atoms with E-state index in [2.05, 4.69) is 4.98 Å². The van der Waals surface area contributed by atoms with Crippen LogP contribution in [-0.4, -0.2) is 73.1 Å². The molecule has 1 aromatic heterocycles. The lowest BCUT2D eigenvalue weighted by molar-refractivity contribution is 0.00855. The van der Waals surface area contributed by atoms with Crippen LogP contribution in [0.2, 0.25) is 0 Å². The van der Waals surface area contributed by atoms with Gasteiger partial charge in [0.1, 0.15) is 5.60 Å². The Morgan fingerprint density at radius 1 is 1.17 bits per heavy atom. The molecule has 2 heterocycles. The van der Waals surface area contributed by atoms with Crippen LogP contribution in [0.3, 0.4) is 0 Å². The van der Waals surface area contributed by atoms with Crippen molar-refractivity contribution in [1.82, 2.24) is 14.2 Å². The van der Waals surface area contributed by atoms with Crippen molar-refractivity contribution in [2.45, 2.75) is 52.8 Å². The average molecular weight is 519 g/mol. The highest BCUT2D eigenvalue weighted by molar-refractivity contribution is 7.90. The summed E-state index contributed by atoms with van der Waals surface area (Å²) in [4.78, 5) is 30.2. The number of piperazine rings is 1. The molecule has 1 aliphatic rings. The molecule has 0 bridgehead atoms. The zero-order chi connectivity index (χ0) is 26.7. The average Bonchev–Trinajstić information content (AvgIpc) is 2.81. The topological polar surface area (TPSA) is 109 Å². The molecule has 0 aliphatic carbocycles. The number of nitrogens with zero attached hydrogens (tertiary/aromatic N) is 4. The Bertz CT molecular complexity index is 1190. The maximum absolute atomic E-state index is 13.9. The molecule has 3 rings (SSSR count). The molecule has 1 aliphatic heterocycles. The Kier molecular flexibility index (Phi) is 8.25. The van der Waals surface area contributed by atoms with Gasteiger partial charge in [-0.3, -0.25) is 9.29 Å². The van der Waals surface area contributed by atoms with Crippen molar-refractivity contribution >= 4 is 28.0 Å². The van der Waals surface area contributed by atoms with E-state index in [0.717, 1.165) is 5.56 Å². The van der Waals surface area contributed by atoms with Crippen molar-refractivity contribution in [3.8, 4) is 0 Å². The first-order valence-electron chi connectivity index (χ1n) is 11.7. The number of ether oxygens (including phenoxy) is 2. The third kappa shape index (κ3) is 6.52. The SMILES string of the molecule is COC(=O)c1ccc(CN(c2cccc(C)c2)S(=O)(=O)N2CCN(C(=O)OC(C)(C)C)[C@@H](C)C2)nc1. The van der Waals surface area contributed by atoms with Crippen LogP contribution in [-0.2, 0) is 26.2 Å². The maximum Gasteiger partial charge on any atom is 0.410 e. The van der Waals surface area contributed by atoms with Crippen LogP contribution in [0.5, 0.6) is 0 Å². The second-order valence-electron chi connectivity index (χ2n) is 9.76. The lowest BCUT2D eigenvalue weighted by atomic mass is 10.2. The van der Waals surface area contributed by atoms with Crippen molar-refractivity contribution in [1.29, 1.82) is 0 Å². The molecule has 0 N–H and O–H groups in total. The smallest absolute Gasteiger partial charge is 0.410 e. The molecule has 2 aromatic rings. The highest BCUT2D eigenvalue weighted by atomic mass is 32.2. The summed E-state index contributed by atoms with van der Waals surface area (Å²) in [5.74, 6) is -0.519. The van der Waals surface area contributed by atoms with Gasteiger partial charge in [-0.05, 0) is 64.4 Å². The minimum Gasteiger partial charge on any atom is -0.465 e. The maximum atomic E-state index is 13.9. The molecule has 1 saturated heterocycles. The minimum absolute atomic E-state index is 0.0338. The van der Waals surface area contributed by atoms with E-state index in [4.69, 9.17) is 9.47 Å². The van der Waals surface area contributed by atoms with Gasteiger partial charge in [-0.2, -0.15) is 12.7 Å². The van der Waals surface area contributed by atoms with Crippen molar-refractivity contribution in [2.75, 3.05) is 31.0 Å². The van der Waals surface area contributed by atoms with Gasteiger partial charge in [0.15, 0.2) is 0 Å². The first-order chi connectivity index (χ1) is 16.8. The molecule has 10 nitrogen and oxygen atoms in total. The number of hydrogen-bond acceptors (Lipinski definition) is 7. The lowest BCUT2D eigenvalue weighted by Gasteiger charge is -2.41. The molecule has 0 unspecified atom stereocenters. The predicted molar refractivity (Wildman–Crippen MR) is 136 cm³/mol. The van der Waals surface area contributed by atoms with Crippen LogP contribution in [0.25, 0.3) is 0 Å². The fourth-order valence-corrected chi connectivity index (χ4v) is 5.53. The third-order valence-corrected chi connectivity index (χ3v) is 7.55. The molecule has 1 atom stereocenters. The Balaban J connectivity index is 1.86. The molecule has 11 heteroatoms. The van der Waals surface area contributed by atoms with E-state index in [1.54, 1.807) is 62.9 Å². The van der Waals surface area contributed by atoms with Crippen LogP contribution < -0.4 is 4.31 Å². The molecule has 0 radical (unpaired) electrons. The van der Waals surface area contributed by atoms with E-state index < -0.39 is 27.9 Å². The number of carbonyl (C=O) groups excluding carboxylic acids is 2. The van der Waals surface area contributed by atoms with E-state index in [1.165, 1.54) is 21.9 Å². The number of hydrogen-bond donors (Lipinski definition) is 0. The van der Waals surface area contributed by atoms with E-state index in [0.29, 0.717) is 11.4 Å². The summed E-state index contributed by atoms with van der Waals surface area (Å²) in [5.41, 5.74) is 1.51. The van der Waals surface area contributed by atoms with Crippen molar-refractivity contribution < 1.29 is 27.5 Å². The summed E-state index contributed by atoms with van der Waals surface area (Å²) >= 11 is 0. The van der Waals surface area contributed by atoms with Crippen LogP contribution in [0, 0.1) is 6.92 Å². The number of methoxy groups -OCH3 is 1. The Labute approximate surface area is 213 Å². The van der Waals surface area contributed by atoms with Crippen LogP contribution in [0.4, 0.5) is 10.5 Å². The quantitative estimate of drug-likeness (QED) is 0.539. The van der Waals surface area contributed by atoms with Crippen LogP contribution >= 0.6 is 0 Å². The highest BCUT2D eigenvalue weighted by Crippen LogP contribution is 2.26. The van der Waals surface area contributed by atoms with Crippen molar-refractivity contribution in [3.63, 3.8) is 0 Å². The number of benzene rings is 1. The van der Waals surface area contributed by atoms with Crippen molar-refractivity contribution in [2.24, 2.45) is 0 Å². The normalized spacial score (nSPS) is 16.9. The number of carbonyl (C=O) groups is 2. The molecular formula is C25H34N4O6S. The molecule has 0 saturated carbocycles. The first-order valence-corrected chi connectivity index (χ1v) is 13.1. The van der Waals surface area contributed by atoms with Gasteiger partial charge in [0.05, 0.1) is 30.6 Å². The van der Waals surface area contributed by atoms with Gasteiger partial charge in [0.25, 0.3) is 0 Å². The summed E-state index contributed by atoms with van der Waals surface area (Å²) in [5, 5.41) is 0. The third-order valence-electron chi connectivity index (χ3n) is 5.66. The zero-order valence-corrected chi connectivity index (χ0v) is 22.4. The molecule has 196 valence electrons. The van der Waals surface area contributed by atoms with Gasteiger partial charge in [-0.15, -0.1) is 0 Å². The van der Waals surface area contributed by atoms with Crippen LogP contribution in [0.15, 0.2) is 42.6 Å². The fraction of sp³-hybridized carbons (Fsp3) is 0.480. The van der Waals surface area contributed by atoms with E-state index in [1.807, 2.05) is 13.0 Å².